The number of rotatable bonds is 5. The third-order valence-corrected chi connectivity index (χ3v) is 8.60. The van der Waals surface area contributed by atoms with Crippen molar-refractivity contribution in [3.05, 3.63) is 103 Å². The van der Waals surface area contributed by atoms with Crippen molar-refractivity contribution < 1.29 is 19.1 Å². The van der Waals surface area contributed by atoms with Crippen molar-refractivity contribution in [1.29, 1.82) is 0 Å². The molecular formula is C38H42O4. The van der Waals surface area contributed by atoms with Crippen molar-refractivity contribution in [3.63, 3.8) is 0 Å². The van der Waals surface area contributed by atoms with E-state index in [1.165, 1.54) is 69.9 Å². The molecule has 0 fully saturated rings. The molecule has 0 aliphatic rings. The number of aryl methyl sites for hydroxylation is 8. The second-order valence-corrected chi connectivity index (χ2v) is 11.7. The van der Waals surface area contributed by atoms with E-state index in [-0.39, 0.29) is 11.9 Å². The summed E-state index contributed by atoms with van der Waals surface area (Å²) in [5.41, 5.74) is 19.8. The van der Waals surface area contributed by atoms with Crippen LogP contribution in [0.5, 0.6) is 0 Å². The summed E-state index contributed by atoms with van der Waals surface area (Å²) in [5.74, 6) is -0.649. The van der Waals surface area contributed by atoms with Crippen molar-refractivity contribution >= 4 is 11.9 Å². The van der Waals surface area contributed by atoms with Crippen LogP contribution < -0.4 is 0 Å². The van der Waals surface area contributed by atoms with Crippen molar-refractivity contribution in [2.75, 3.05) is 14.2 Å². The maximum absolute atomic E-state index is 12.3. The van der Waals surface area contributed by atoms with Crippen LogP contribution in [-0.2, 0) is 9.47 Å². The van der Waals surface area contributed by atoms with E-state index in [1.54, 1.807) is 0 Å². The highest BCUT2D eigenvalue weighted by molar-refractivity contribution is 5.95. The van der Waals surface area contributed by atoms with Crippen molar-refractivity contribution in [2.24, 2.45) is 0 Å². The molecule has 0 N–H and O–H groups in total. The van der Waals surface area contributed by atoms with Gasteiger partial charge in [-0.15, -0.1) is 0 Å². The first-order chi connectivity index (χ1) is 19.7. The average molecular weight is 563 g/mol. The zero-order chi connectivity index (χ0) is 31.2. The topological polar surface area (TPSA) is 52.6 Å². The Morgan fingerprint density at radius 2 is 0.595 bits per heavy atom. The van der Waals surface area contributed by atoms with E-state index in [1.807, 2.05) is 24.3 Å². The van der Waals surface area contributed by atoms with Gasteiger partial charge in [0.2, 0.25) is 0 Å². The van der Waals surface area contributed by atoms with E-state index >= 15 is 0 Å². The monoisotopic (exact) mass is 562 g/mol. The minimum atomic E-state index is -0.325. The maximum Gasteiger partial charge on any atom is 0.337 e. The molecule has 0 amide bonds. The molecule has 4 aromatic carbocycles. The van der Waals surface area contributed by atoms with Gasteiger partial charge in [0, 0.05) is 0 Å². The Bertz CT molecular complexity index is 1590. The van der Waals surface area contributed by atoms with Gasteiger partial charge in [-0.3, -0.25) is 0 Å². The van der Waals surface area contributed by atoms with Gasteiger partial charge in [-0.05, 0) is 183 Å². The van der Waals surface area contributed by atoms with Crippen molar-refractivity contribution in [3.8, 4) is 33.4 Å². The molecule has 0 saturated heterocycles. The van der Waals surface area contributed by atoms with Crippen LogP contribution in [0.3, 0.4) is 0 Å². The lowest BCUT2D eigenvalue weighted by Crippen LogP contribution is -2.06. The van der Waals surface area contributed by atoms with Gasteiger partial charge in [0.1, 0.15) is 0 Å². The van der Waals surface area contributed by atoms with Gasteiger partial charge in [-0.2, -0.15) is 0 Å². The predicted octanol–water partition coefficient (Wildman–Crippen LogP) is 9.35. The Hall–Kier alpha value is -4.18. The third-order valence-electron chi connectivity index (χ3n) is 8.60. The molecule has 0 aliphatic carbocycles. The Kier molecular flexibility index (Phi) is 8.50. The van der Waals surface area contributed by atoms with Gasteiger partial charge in [-0.25, -0.2) is 9.59 Å². The van der Waals surface area contributed by atoms with E-state index in [4.69, 9.17) is 9.47 Å². The zero-order valence-electron chi connectivity index (χ0n) is 27.1. The molecule has 4 rings (SSSR count). The molecule has 0 heterocycles. The third kappa shape index (κ3) is 5.15. The quantitative estimate of drug-likeness (QED) is 0.227. The number of esters is 2. The summed E-state index contributed by atoms with van der Waals surface area (Å²) in [7, 11) is 2.83. The Labute approximate surface area is 250 Å². The number of carbonyl (C=O) groups is 2. The molecule has 0 spiro atoms. The minimum Gasteiger partial charge on any atom is -0.465 e. The molecule has 218 valence electrons. The summed E-state index contributed by atoms with van der Waals surface area (Å²) in [6.45, 7) is 21.4. The number of methoxy groups -OCH3 is 2. The molecule has 0 atom stereocenters. The summed E-state index contributed by atoms with van der Waals surface area (Å²) in [6, 6.07) is 12.3. The van der Waals surface area contributed by atoms with Gasteiger partial charge >= 0.3 is 11.9 Å². The summed E-state index contributed by atoms with van der Waals surface area (Å²) in [4.78, 5) is 24.6. The summed E-state index contributed by atoms with van der Waals surface area (Å²) in [6.07, 6.45) is 0. The molecule has 42 heavy (non-hydrogen) atoms. The van der Waals surface area contributed by atoms with Gasteiger partial charge in [0.25, 0.3) is 0 Å². The van der Waals surface area contributed by atoms with Crippen LogP contribution in [0.25, 0.3) is 33.4 Å². The standard InChI is InChI=1S/C38H42O4/c1-19-13-21(3)35(27(9)33(19)31-23(5)15-29(16-24(31)6)37(39)41-11)36-22(4)14-20(2)34(28(36)10)32-25(7)17-30(18-26(32)8)38(40)42-12/h13-18H,1-12H3. The van der Waals surface area contributed by atoms with Crippen LogP contribution in [0.2, 0.25) is 0 Å². The Balaban J connectivity index is 2.04. The highest BCUT2D eigenvalue weighted by Crippen LogP contribution is 2.45. The van der Waals surface area contributed by atoms with E-state index in [0.29, 0.717) is 11.1 Å². The van der Waals surface area contributed by atoms with Crippen LogP contribution in [-0.4, -0.2) is 26.2 Å². The molecule has 4 heteroatoms. The number of ether oxygens (including phenoxy) is 2. The van der Waals surface area contributed by atoms with Crippen LogP contribution in [0.4, 0.5) is 0 Å². The van der Waals surface area contributed by atoms with Crippen LogP contribution >= 0.6 is 0 Å². The fourth-order valence-electron chi connectivity index (χ4n) is 7.10. The van der Waals surface area contributed by atoms with E-state index in [0.717, 1.165) is 33.4 Å². The minimum absolute atomic E-state index is 0.325. The summed E-state index contributed by atoms with van der Waals surface area (Å²) in [5, 5.41) is 0. The van der Waals surface area contributed by atoms with Crippen LogP contribution in [0.15, 0.2) is 36.4 Å². The van der Waals surface area contributed by atoms with Gasteiger partial charge in [0.05, 0.1) is 25.3 Å². The summed E-state index contributed by atoms with van der Waals surface area (Å²) >= 11 is 0. The normalized spacial score (nSPS) is 11.0. The van der Waals surface area contributed by atoms with Gasteiger partial charge in [-0.1, -0.05) is 12.1 Å². The van der Waals surface area contributed by atoms with Crippen LogP contribution in [0, 0.1) is 69.2 Å². The number of hydrogen-bond donors (Lipinski definition) is 0. The fourth-order valence-corrected chi connectivity index (χ4v) is 7.10. The molecular weight excluding hydrogens is 520 g/mol. The lowest BCUT2D eigenvalue weighted by Gasteiger charge is -2.26. The van der Waals surface area contributed by atoms with Crippen molar-refractivity contribution in [2.45, 2.75) is 69.2 Å². The molecule has 0 aromatic heterocycles. The van der Waals surface area contributed by atoms with Gasteiger partial charge in [0.15, 0.2) is 0 Å². The maximum atomic E-state index is 12.3. The summed E-state index contributed by atoms with van der Waals surface area (Å²) < 4.78 is 9.99. The molecule has 4 aromatic rings. The predicted molar refractivity (Wildman–Crippen MR) is 173 cm³/mol. The Morgan fingerprint density at radius 1 is 0.381 bits per heavy atom. The van der Waals surface area contributed by atoms with Gasteiger partial charge < -0.3 is 9.47 Å². The Morgan fingerprint density at radius 3 is 0.833 bits per heavy atom. The van der Waals surface area contributed by atoms with E-state index < -0.39 is 0 Å². The number of hydrogen-bond acceptors (Lipinski definition) is 4. The number of carbonyl (C=O) groups excluding carboxylic acids is 2. The number of benzene rings is 4. The van der Waals surface area contributed by atoms with Crippen LogP contribution in [0.1, 0.15) is 76.4 Å². The smallest absolute Gasteiger partial charge is 0.337 e. The molecule has 0 aliphatic heterocycles. The molecule has 0 radical (unpaired) electrons. The molecule has 4 nitrogen and oxygen atoms in total. The highest BCUT2D eigenvalue weighted by atomic mass is 16.5. The van der Waals surface area contributed by atoms with Crippen molar-refractivity contribution in [1.82, 2.24) is 0 Å². The fraction of sp³-hybridized carbons (Fsp3) is 0.316. The average Bonchev–Trinajstić information content (AvgIpc) is 2.91. The highest BCUT2D eigenvalue weighted by Gasteiger charge is 2.24. The lowest BCUT2D eigenvalue weighted by atomic mass is 9.78. The first-order valence-electron chi connectivity index (χ1n) is 14.3. The molecule has 0 unspecified atom stereocenters. The SMILES string of the molecule is COC(=O)c1cc(C)c(-c2c(C)cc(C)c(-c3c(C)cc(C)c(-c4c(C)cc(C(=O)OC)cc4C)c3C)c2C)c(C)c1. The molecule has 0 saturated carbocycles. The second kappa shape index (κ2) is 11.6. The lowest BCUT2D eigenvalue weighted by molar-refractivity contribution is 0.0591. The molecule has 0 bridgehead atoms. The largest absolute Gasteiger partial charge is 0.465 e. The second-order valence-electron chi connectivity index (χ2n) is 11.7. The zero-order valence-corrected chi connectivity index (χ0v) is 27.1. The van der Waals surface area contributed by atoms with E-state index in [2.05, 4.69) is 81.4 Å². The first-order valence-corrected chi connectivity index (χ1v) is 14.3. The first kappa shape index (κ1) is 30.8. The van der Waals surface area contributed by atoms with E-state index in [9.17, 15) is 9.59 Å².